The lowest BCUT2D eigenvalue weighted by Gasteiger charge is -2.13. The number of ether oxygens (including phenoxy) is 1. The summed E-state index contributed by atoms with van der Waals surface area (Å²) in [5.41, 5.74) is 1.53. The van der Waals surface area contributed by atoms with Gasteiger partial charge in [0.25, 0.3) is 5.91 Å². The van der Waals surface area contributed by atoms with E-state index in [1.807, 2.05) is 6.07 Å². The standard InChI is InChI=1S/C15H16N2O3/c1-10(2)8-14(18)20-11(3)15(19)17-13-7-5-4-6-12(13)9-16/h4-8,11H,1-3H3,(H,17,19)/t11-/m0/s1. The molecule has 0 bridgehead atoms. The quantitative estimate of drug-likeness (QED) is 0.674. The van der Waals surface area contributed by atoms with Crippen LogP contribution in [-0.4, -0.2) is 18.0 Å². The van der Waals surface area contributed by atoms with E-state index in [1.54, 1.807) is 38.1 Å². The first kappa shape index (κ1) is 15.4. The van der Waals surface area contributed by atoms with Crippen molar-refractivity contribution in [2.45, 2.75) is 26.9 Å². The summed E-state index contributed by atoms with van der Waals surface area (Å²) in [6, 6.07) is 8.59. The van der Waals surface area contributed by atoms with E-state index < -0.39 is 18.0 Å². The highest BCUT2D eigenvalue weighted by Crippen LogP contribution is 2.14. The molecular weight excluding hydrogens is 256 g/mol. The molecule has 1 amide bonds. The number of allylic oxidation sites excluding steroid dienone is 1. The second-order valence-corrected chi connectivity index (χ2v) is 4.45. The molecular formula is C15H16N2O3. The Morgan fingerprint density at radius 3 is 2.60 bits per heavy atom. The fraction of sp³-hybridized carbons (Fsp3) is 0.267. The molecule has 0 aliphatic heterocycles. The van der Waals surface area contributed by atoms with Gasteiger partial charge < -0.3 is 10.1 Å². The molecule has 0 aliphatic rings. The average Bonchev–Trinajstić information content (AvgIpc) is 2.38. The van der Waals surface area contributed by atoms with Gasteiger partial charge in [-0.25, -0.2) is 4.79 Å². The van der Waals surface area contributed by atoms with Gasteiger partial charge in [-0.2, -0.15) is 5.26 Å². The number of nitrogens with zero attached hydrogens (tertiary/aromatic N) is 1. The second-order valence-electron chi connectivity index (χ2n) is 4.45. The van der Waals surface area contributed by atoms with Gasteiger partial charge in [0.05, 0.1) is 11.3 Å². The van der Waals surface area contributed by atoms with Crippen LogP contribution >= 0.6 is 0 Å². The van der Waals surface area contributed by atoms with Crippen molar-refractivity contribution in [3.05, 3.63) is 41.5 Å². The van der Waals surface area contributed by atoms with Crippen molar-refractivity contribution in [3.63, 3.8) is 0 Å². The Balaban J connectivity index is 2.69. The number of carbonyl (C=O) groups is 2. The van der Waals surface area contributed by atoms with Crippen LogP contribution in [0.5, 0.6) is 0 Å². The number of nitrogens with one attached hydrogen (secondary N) is 1. The molecule has 1 aromatic rings. The van der Waals surface area contributed by atoms with Gasteiger partial charge in [-0.3, -0.25) is 4.79 Å². The van der Waals surface area contributed by atoms with Crippen molar-refractivity contribution in [2.75, 3.05) is 5.32 Å². The molecule has 1 N–H and O–H groups in total. The number of hydrogen-bond donors (Lipinski definition) is 1. The summed E-state index contributed by atoms with van der Waals surface area (Å²) in [5.74, 6) is -1.05. The highest BCUT2D eigenvalue weighted by molar-refractivity contribution is 5.96. The highest BCUT2D eigenvalue weighted by atomic mass is 16.5. The van der Waals surface area contributed by atoms with Gasteiger partial charge in [-0.15, -0.1) is 0 Å². The van der Waals surface area contributed by atoms with Gasteiger partial charge in [0.15, 0.2) is 6.10 Å². The molecule has 0 unspecified atom stereocenters. The van der Waals surface area contributed by atoms with Crippen molar-refractivity contribution >= 4 is 17.6 Å². The van der Waals surface area contributed by atoms with Crippen LogP contribution in [0.1, 0.15) is 26.3 Å². The van der Waals surface area contributed by atoms with Crippen LogP contribution in [0.2, 0.25) is 0 Å². The van der Waals surface area contributed by atoms with E-state index >= 15 is 0 Å². The first-order chi connectivity index (χ1) is 9.43. The maximum absolute atomic E-state index is 11.9. The minimum Gasteiger partial charge on any atom is -0.449 e. The predicted octanol–water partition coefficient (Wildman–Crippen LogP) is 2.39. The summed E-state index contributed by atoms with van der Waals surface area (Å²) >= 11 is 0. The van der Waals surface area contributed by atoms with E-state index in [9.17, 15) is 9.59 Å². The Bertz CT molecular complexity index is 581. The van der Waals surface area contributed by atoms with Gasteiger partial charge in [-0.05, 0) is 32.9 Å². The van der Waals surface area contributed by atoms with Crippen LogP contribution in [0.4, 0.5) is 5.69 Å². The van der Waals surface area contributed by atoms with Gasteiger partial charge in [0.2, 0.25) is 0 Å². The summed E-state index contributed by atoms with van der Waals surface area (Å²) in [5, 5.41) is 11.5. The number of benzene rings is 1. The first-order valence-corrected chi connectivity index (χ1v) is 6.09. The number of rotatable bonds is 4. The Kier molecular flexibility index (Phi) is 5.48. The number of nitriles is 1. The summed E-state index contributed by atoms with van der Waals surface area (Å²) in [7, 11) is 0. The molecule has 5 heteroatoms. The van der Waals surface area contributed by atoms with Crippen molar-refractivity contribution in [3.8, 4) is 6.07 Å². The van der Waals surface area contributed by atoms with Gasteiger partial charge in [0.1, 0.15) is 6.07 Å². The molecule has 0 saturated carbocycles. The van der Waals surface area contributed by atoms with Crippen molar-refractivity contribution in [2.24, 2.45) is 0 Å². The number of esters is 1. The topological polar surface area (TPSA) is 79.2 Å². The minimum absolute atomic E-state index is 0.351. The normalized spacial score (nSPS) is 10.9. The number of carbonyl (C=O) groups excluding carboxylic acids is 2. The predicted molar refractivity (Wildman–Crippen MR) is 74.8 cm³/mol. The molecule has 0 spiro atoms. The summed E-state index contributed by atoms with van der Waals surface area (Å²) in [6.45, 7) is 4.99. The molecule has 104 valence electrons. The summed E-state index contributed by atoms with van der Waals surface area (Å²) in [4.78, 5) is 23.3. The maximum atomic E-state index is 11.9. The Morgan fingerprint density at radius 1 is 1.35 bits per heavy atom. The summed E-state index contributed by atoms with van der Waals surface area (Å²) in [6.07, 6.45) is 0.373. The van der Waals surface area contributed by atoms with E-state index in [2.05, 4.69) is 5.32 Å². The molecule has 0 aliphatic carbocycles. The molecule has 1 atom stereocenters. The molecule has 0 fully saturated rings. The van der Waals surface area contributed by atoms with Crippen LogP contribution in [-0.2, 0) is 14.3 Å². The lowest BCUT2D eigenvalue weighted by molar-refractivity contribution is -0.148. The first-order valence-electron chi connectivity index (χ1n) is 6.09. The molecule has 1 rings (SSSR count). The van der Waals surface area contributed by atoms with E-state index in [-0.39, 0.29) is 0 Å². The molecule has 0 heterocycles. The van der Waals surface area contributed by atoms with E-state index in [1.165, 1.54) is 13.0 Å². The fourth-order valence-corrected chi connectivity index (χ4v) is 1.42. The van der Waals surface area contributed by atoms with Crippen molar-refractivity contribution in [1.29, 1.82) is 5.26 Å². The molecule has 0 aromatic heterocycles. The number of para-hydroxylation sites is 1. The minimum atomic E-state index is -0.940. The van der Waals surface area contributed by atoms with Crippen molar-refractivity contribution < 1.29 is 14.3 Å². The zero-order chi connectivity index (χ0) is 15.1. The van der Waals surface area contributed by atoms with E-state index in [0.29, 0.717) is 11.3 Å². The van der Waals surface area contributed by atoms with Crippen molar-refractivity contribution in [1.82, 2.24) is 0 Å². The monoisotopic (exact) mass is 272 g/mol. The molecule has 0 radical (unpaired) electrons. The van der Waals surface area contributed by atoms with Gasteiger partial charge in [-0.1, -0.05) is 17.7 Å². The SMILES string of the molecule is CC(C)=CC(=O)O[C@@H](C)C(=O)Nc1ccccc1C#N. The summed E-state index contributed by atoms with van der Waals surface area (Å²) < 4.78 is 4.96. The van der Waals surface area contributed by atoms with Crippen LogP contribution in [0.25, 0.3) is 0 Å². The fourth-order valence-electron chi connectivity index (χ4n) is 1.42. The molecule has 1 aromatic carbocycles. The zero-order valence-electron chi connectivity index (χ0n) is 11.6. The average molecular weight is 272 g/mol. The lowest BCUT2D eigenvalue weighted by atomic mass is 10.2. The number of hydrogen-bond acceptors (Lipinski definition) is 4. The third-order valence-corrected chi connectivity index (χ3v) is 2.37. The van der Waals surface area contributed by atoms with E-state index in [4.69, 9.17) is 10.00 Å². The molecule has 20 heavy (non-hydrogen) atoms. The lowest BCUT2D eigenvalue weighted by Crippen LogP contribution is -2.29. The van der Waals surface area contributed by atoms with Gasteiger partial charge in [0, 0.05) is 6.08 Å². The Hall–Kier alpha value is -2.61. The third kappa shape index (κ3) is 4.58. The van der Waals surface area contributed by atoms with Crippen LogP contribution in [0, 0.1) is 11.3 Å². The maximum Gasteiger partial charge on any atom is 0.331 e. The Morgan fingerprint density at radius 2 is 2.00 bits per heavy atom. The third-order valence-electron chi connectivity index (χ3n) is 2.37. The Labute approximate surface area is 117 Å². The van der Waals surface area contributed by atoms with E-state index in [0.717, 1.165) is 5.57 Å². The molecule has 5 nitrogen and oxygen atoms in total. The largest absolute Gasteiger partial charge is 0.449 e. The smallest absolute Gasteiger partial charge is 0.331 e. The van der Waals surface area contributed by atoms with Crippen LogP contribution < -0.4 is 5.32 Å². The second kappa shape index (κ2) is 7.10. The van der Waals surface area contributed by atoms with Gasteiger partial charge >= 0.3 is 5.97 Å². The zero-order valence-corrected chi connectivity index (χ0v) is 11.6. The number of amides is 1. The van der Waals surface area contributed by atoms with Crippen LogP contribution in [0.15, 0.2) is 35.9 Å². The number of anilines is 1. The molecule has 0 saturated heterocycles. The van der Waals surface area contributed by atoms with Crippen LogP contribution in [0.3, 0.4) is 0 Å². The highest BCUT2D eigenvalue weighted by Gasteiger charge is 2.17.